The quantitative estimate of drug-likeness (QED) is 0.689. The van der Waals surface area contributed by atoms with Crippen LogP contribution in [0.5, 0.6) is 0 Å². The van der Waals surface area contributed by atoms with E-state index in [1.54, 1.807) is 24.3 Å². The fourth-order valence-electron chi connectivity index (χ4n) is 2.30. The Bertz CT molecular complexity index is 824. The van der Waals surface area contributed by atoms with Gasteiger partial charge >= 0.3 is 11.9 Å². The Labute approximate surface area is 144 Å². The van der Waals surface area contributed by atoms with Gasteiger partial charge in [-0.15, -0.1) is 0 Å². The normalized spacial score (nSPS) is 11.2. The van der Waals surface area contributed by atoms with E-state index in [0.29, 0.717) is 22.4 Å². The molecule has 1 atom stereocenters. The van der Waals surface area contributed by atoms with Gasteiger partial charge in [-0.1, -0.05) is 6.07 Å². The van der Waals surface area contributed by atoms with Gasteiger partial charge in [0, 0.05) is 5.69 Å². The predicted molar refractivity (Wildman–Crippen MR) is 88.9 cm³/mol. The number of nitrogens with one attached hydrogen (secondary N) is 1. The van der Waals surface area contributed by atoms with Crippen LogP contribution in [0.2, 0.25) is 0 Å². The fraction of sp³-hybridized carbons (Fsp3) is 0.167. The molecule has 0 heterocycles. The Morgan fingerprint density at radius 3 is 2.44 bits per heavy atom. The van der Waals surface area contributed by atoms with E-state index in [2.05, 4.69) is 5.32 Å². The third kappa shape index (κ3) is 4.34. The summed E-state index contributed by atoms with van der Waals surface area (Å²) in [5.41, 5.74) is 1.69. The summed E-state index contributed by atoms with van der Waals surface area (Å²) in [6.45, 7) is -0.362. The number of aliphatic hydroxyl groups excluding tert-OH is 1. The zero-order chi connectivity index (χ0) is 18.4. The Kier molecular flexibility index (Phi) is 5.71. The molecule has 3 N–H and O–H groups in total. The van der Waals surface area contributed by atoms with E-state index in [9.17, 15) is 19.8 Å². The number of nitrogens with zero attached hydrogens (tertiary/aromatic N) is 1. The molecular weight excluding hydrogens is 324 g/mol. The fourth-order valence-corrected chi connectivity index (χ4v) is 2.30. The zero-order valence-corrected chi connectivity index (χ0v) is 13.4. The van der Waals surface area contributed by atoms with Crippen molar-refractivity contribution < 1.29 is 24.5 Å². The monoisotopic (exact) mass is 340 g/mol. The molecule has 0 aliphatic heterocycles. The van der Waals surface area contributed by atoms with Gasteiger partial charge in [0.15, 0.2) is 6.04 Å². The molecule has 0 amide bonds. The van der Waals surface area contributed by atoms with E-state index >= 15 is 0 Å². The first kappa shape index (κ1) is 18.0. The van der Waals surface area contributed by atoms with Gasteiger partial charge in [0.05, 0.1) is 30.9 Å². The van der Waals surface area contributed by atoms with Gasteiger partial charge in [0.1, 0.15) is 0 Å². The maximum absolute atomic E-state index is 12.2. The van der Waals surface area contributed by atoms with E-state index < -0.39 is 18.0 Å². The van der Waals surface area contributed by atoms with Gasteiger partial charge in [-0.25, -0.2) is 9.59 Å². The van der Waals surface area contributed by atoms with E-state index in [1.807, 2.05) is 6.07 Å². The lowest BCUT2D eigenvalue weighted by atomic mass is 10.00. The number of nitriles is 1. The number of ether oxygens (including phenoxy) is 1. The highest BCUT2D eigenvalue weighted by Crippen LogP contribution is 2.24. The van der Waals surface area contributed by atoms with Crippen molar-refractivity contribution >= 4 is 17.6 Å². The van der Waals surface area contributed by atoms with Gasteiger partial charge < -0.3 is 20.3 Å². The number of hydrogen-bond acceptors (Lipinski definition) is 6. The number of esters is 1. The van der Waals surface area contributed by atoms with Crippen LogP contribution in [0.1, 0.15) is 33.1 Å². The molecule has 0 aliphatic carbocycles. The molecule has 0 fully saturated rings. The van der Waals surface area contributed by atoms with Crippen LogP contribution >= 0.6 is 0 Å². The molecule has 7 heteroatoms. The molecule has 0 bridgehead atoms. The molecule has 2 rings (SSSR count). The van der Waals surface area contributed by atoms with Crippen molar-refractivity contribution in [3.8, 4) is 6.07 Å². The summed E-state index contributed by atoms with van der Waals surface area (Å²) in [5, 5.41) is 30.3. The lowest BCUT2D eigenvalue weighted by Crippen LogP contribution is -2.23. The molecule has 2 aromatic rings. The summed E-state index contributed by atoms with van der Waals surface area (Å²) in [6, 6.07) is 11.7. The van der Waals surface area contributed by atoms with Gasteiger partial charge in [0.2, 0.25) is 0 Å². The second-order valence-corrected chi connectivity index (χ2v) is 5.22. The molecule has 0 aliphatic rings. The minimum Gasteiger partial charge on any atom is -0.478 e. The summed E-state index contributed by atoms with van der Waals surface area (Å²) in [4.78, 5) is 23.4. The number of benzene rings is 2. The third-order valence-corrected chi connectivity index (χ3v) is 3.54. The summed E-state index contributed by atoms with van der Waals surface area (Å²) in [6.07, 6.45) is 0. The number of carboxylic acid groups (broad SMARTS) is 1. The van der Waals surface area contributed by atoms with Gasteiger partial charge in [-0.3, -0.25) is 0 Å². The molecule has 128 valence electrons. The Balaban J connectivity index is 2.43. The molecule has 0 aromatic heterocycles. The molecule has 0 spiro atoms. The Morgan fingerprint density at radius 2 is 1.92 bits per heavy atom. The summed E-state index contributed by atoms with van der Waals surface area (Å²) in [7, 11) is 1.23. The summed E-state index contributed by atoms with van der Waals surface area (Å²) in [5.74, 6) is -1.78. The van der Waals surface area contributed by atoms with Gasteiger partial charge in [0.25, 0.3) is 0 Å². The standard InChI is InChI=1S/C18H16N2O5/c1-25-18(24)16(20-15-4-2-11(9-19)3-5-15)13-6-12(10-21)7-14(8-13)17(22)23/h2-8,16,20-21H,10H2,1H3,(H,22,23). The van der Waals surface area contributed by atoms with Gasteiger partial charge in [-0.2, -0.15) is 5.26 Å². The number of carbonyl (C=O) groups is 2. The lowest BCUT2D eigenvalue weighted by molar-refractivity contribution is -0.141. The summed E-state index contributed by atoms with van der Waals surface area (Å²) >= 11 is 0. The van der Waals surface area contributed by atoms with Crippen molar-refractivity contribution in [1.82, 2.24) is 0 Å². The molecule has 1 unspecified atom stereocenters. The SMILES string of the molecule is COC(=O)C(Nc1ccc(C#N)cc1)c1cc(CO)cc(C(=O)O)c1. The Hall–Kier alpha value is -3.37. The van der Waals surface area contributed by atoms with Crippen LogP contribution in [0.25, 0.3) is 0 Å². The zero-order valence-electron chi connectivity index (χ0n) is 13.4. The van der Waals surface area contributed by atoms with E-state index in [4.69, 9.17) is 10.00 Å². The molecule has 0 saturated carbocycles. The molecule has 7 nitrogen and oxygen atoms in total. The van der Waals surface area contributed by atoms with Gasteiger partial charge in [-0.05, 0) is 47.5 Å². The van der Waals surface area contributed by atoms with Crippen LogP contribution in [0.3, 0.4) is 0 Å². The average Bonchev–Trinajstić information content (AvgIpc) is 2.65. The molecule has 25 heavy (non-hydrogen) atoms. The molecule has 0 radical (unpaired) electrons. The maximum Gasteiger partial charge on any atom is 0.335 e. The van der Waals surface area contributed by atoms with E-state index in [0.717, 1.165) is 0 Å². The number of methoxy groups -OCH3 is 1. The third-order valence-electron chi connectivity index (χ3n) is 3.54. The minimum atomic E-state index is -1.17. The van der Waals surface area contributed by atoms with Crippen molar-refractivity contribution in [2.75, 3.05) is 12.4 Å². The number of aliphatic hydroxyl groups is 1. The van der Waals surface area contributed by atoms with Crippen LogP contribution in [-0.2, 0) is 16.1 Å². The highest BCUT2D eigenvalue weighted by molar-refractivity contribution is 5.89. The second kappa shape index (κ2) is 7.95. The van der Waals surface area contributed by atoms with E-state index in [1.165, 1.54) is 25.3 Å². The lowest BCUT2D eigenvalue weighted by Gasteiger charge is -2.19. The van der Waals surface area contributed by atoms with Crippen LogP contribution in [-0.4, -0.2) is 29.3 Å². The minimum absolute atomic E-state index is 0.0444. The van der Waals surface area contributed by atoms with Crippen LogP contribution in [0, 0.1) is 11.3 Å². The number of aromatic carboxylic acids is 1. The number of hydrogen-bond donors (Lipinski definition) is 3. The van der Waals surface area contributed by atoms with Crippen LogP contribution in [0.15, 0.2) is 42.5 Å². The predicted octanol–water partition coefficient (Wildman–Crippen LogP) is 2.07. The maximum atomic E-state index is 12.2. The first-order valence-electron chi connectivity index (χ1n) is 7.31. The first-order valence-corrected chi connectivity index (χ1v) is 7.31. The first-order chi connectivity index (χ1) is 12.0. The highest BCUT2D eigenvalue weighted by Gasteiger charge is 2.23. The second-order valence-electron chi connectivity index (χ2n) is 5.22. The van der Waals surface area contributed by atoms with Crippen molar-refractivity contribution in [2.24, 2.45) is 0 Å². The molecular formula is C18H16N2O5. The number of carboxylic acids is 1. The van der Waals surface area contributed by atoms with Crippen molar-refractivity contribution in [3.05, 3.63) is 64.7 Å². The largest absolute Gasteiger partial charge is 0.478 e. The molecule has 0 saturated heterocycles. The smallest absolute Gasteiger partial charge is 0.335 e. The summed E-state index contributed by atoms with van der Waals surface area (Å²) < 4.78 is 4.79. The number of rotatable bonds is 6. The van der Waals surface area contributed by atoms with Crippen molar-refractivity contribution in [1.29, 1.82) is 5.26 Å². The van der Waals surface area contributed by atoms with Crippen molar-refractivity contribution in [3.63, 3.8) is 0 Å². The van der Waals surface area contributed by atoms with Crippen molar-refractivity contribution in [2.45, 2.75) is 12.6 Å². The molecule has 2 aromatic carbocycles. The average molecular weight is 340 g/mol. The Morgan fingerprint density at radius 1 is 1.24 bits per heavy atom. The number of carbonyl (C=O) groups excluding carboxylic acids is 1. The topological polar surface area (TPSA) is 120 Å². The van der Waals surface area contributed by atoms with E-state index in [-0.39, 0.29) is 12.2 Å². The van der Waals surface area contributed by atoms with Crippen LogP contribution < -0.4 is 5.32 Å². The number of anilines is 1. The van der Waals surface area contributed by atoms with Crippen LogP contribution in [0.4, 0.5) is 5.69 Å². The highest BCUT2D eigenvalue weighted by atomic mass is 16.5.